The summed E-state index contributed by atoms with van der Waals surface area (Å²) >= 11 is 5.86. The number of hydrogen-bond donors (Lipinski definition) is 0. The van der Waals surface area contributed by atoms with Crippen molar-refractivity contribution in [3.8, 4) is 0 Å². The van der Waals surface area contributed by atoms with Gasteiger partial charge in [0.1, 0.15) is 5.82 Å². The highest BCUT2D eigenvalue weighted by Crippen LogP contribution is 2.35. The minimum atomic E-state index is -3.08. The van der Waals surface area contributed by atoms with Crippen molar-refractivity contribution in [1.29, 1.82) is 0 Å². The van der Waals surface area contributed by atoms with Crippen molar-refractivity contribution < 1.29 is 17.6 Å². The summed E-state index contributed by atoms with van der Waals surface area (Å²) in [5.41, 5.74) is -0.172. The molecule has 2 fully saturated rings. The molecule has 7 heteroatoms. The number of sulfone groups is 1. The number of nitrogens with zero attached hydrogens (tertiary/aromatic N) is 1. The lowest BCUT2D eigenvalue weighted by molar-refractivity contribution is 0.0741. The van der Waals surface area contributed by atoms with Crippen molar-refractivity contribution in [1.82, 2.24) is 4.90 Å². The van der Waals surface area contributed by atoms with E-state index >= 15 is 0 Å². The number of rotatable bonds is 1. The molecule has 0 saturated carbocycles. The highest BCUT2D eigenvalue weighted by Gasteiger charge is 2.50. The zero-order chi connectivity index (χ0) is 13.8. The van der Waals surface area contributed by atoms with Crippen molar-refractivity contribution in [2.24, 2.45) is 0 Å². The van der Waals surface area contributed by atoms with Crippen LogP contribution in [0.1, 0.15) is 16.8 Å². The highest BCUT2D eigenvalue weighted by atomic mass is 35.5. The summed E-state index contributed by atoms with van der Waals surface area (Å²) in [6, 6.07) is 3.69. The number of halogens is 2. The van der Waals surface area contributed by atoms with Gasteiger partial charge in [0.05, 0.1) is 21.6 Å². The number of carbonyl (C=O) groups excluding carboxylic acids is 1. The Morgan fingerprint density at radius 2 is 2.16 bits per heavy atom. The van der Waals surface area contributed by atoms with E-state index in [1.54, 1.807) is 0 Å². The van der Waals surface area contributed by atoms with E-state index in [2.05, 4.69) is 0 Å². The predicted molar refractivity (Wildman–Crippen MR) is 68.4 cm³/mol. The smallest absolute Gasteiger partial charge is 0.258 e. The Morgan fingerprint density at radius 1 is 1.42 bits per heavy atom. The molecule has 0 aromatic heterocycles. The second-order valence-electron chi connectivity index (χ2n) is 4.90. The fraction of sp³-hybridized carbons (Fsp3) is 0.417. The Bertz CT molecular complexity index is 641. The van der Waals surface area contributed by atoms with E-state index in [1.807, 2.05) is 0 Å². The van der Waals surface area contributed by atoms with Crippen LogP contribution >= 0.6 is 11.6 Å². The molecule has 2 aliphatic heterocycles. The fourth-order valence-electron chi connectivity index (χ4n) is 2.79. The average molecular weight is 304 g/mol. The predicted octanol–water partition coefficient (Wildman–Crippen LogP) is 1.49. The number of carbonyl (C=O) groups is 1. The van der Waals surface area contributed by atoms with Crippen LogP contribution in [0.2, 0.25) is 5.02 Å². The molecule has 4 nitrogen and oxygen atoms in total. The SMILES string of the molecule is O=C(c1c(F)cccc1Cl)N1CC2CC1CS2(=O)=O. The van der Waals surface area contributed by atoms with Gasteiger partial charge in [-0.05, 0) is 18.6 Å². The Kier molecular flexibility index (Phi) is 2.83. The molecule has 2 heterocycles. The van der Waals surface area contributed by atoms with Gasteiger partial charge in [0.25, 0.3) is 5.91 Å². The molecule has 2 unspecified atom stereocenters. The lowest BCUT2D eigenvalue weighted by atomic mass is 10.1. The van der Waals surface area contributed by atoms with Gasteiger partial charge in [0.2, 0.25) is 0 Å². The Balaban J connectivity index is 1.92. The lowest BCUT2D eigenvalue weighted by Gasteiger charge is -2.27. The summed E-state index contributed by atoms with van der Waals surface area (Å²) < 4.78 is 36.9. The maximum atomic E-state index is 13.7. The number of amides is 1. The van der Waals surface area contributed by atoms with E-state index < -0.39 is 26.8 Å². The summed E-state index contributed by atoms with van der Waals surface area (Å²) in [6.07, 6.45) is 0.445. The third-order valence-corrected chi connectivity index (χ3v) is 6.27. The van der Waals surface area contributed by atoms with E-state index in [9.17, 15) is 17.6 Å². The first kappa shape index (κ1) is 12.9. The van der Waals surface area contributed by atoms with Crippen LogP contribution in [0.5, 0.6) is 0 Å². The van der Waals surface area contributed by atoms with Crippen LogP contribution in [0.3, 0.4) is 0 Å². The van der Waals surface area contributed by atoms with Gasteiger partial charge in [0, 0.05) is 12.6 Å². The quantitative estimate of drug-likeness (QED) is 0.790. The minimum absolute atomic E-state index is 0.0323. The van der Waals surface area contributed by atoms with Gasteiger partial charge in [0.15, 0.2) is 9.84 Å². The molecular weight excluding hydrogens is 293 g/mol. The molecule has 1 amide bonds. The van der Waals surface area contributed by atoms with Crippen molar-refractivity contribution in [3.63, 3.8) is 0 Å². The maximum Gasteiger partial charge on any atom is 0.258 e. The van der Waals surface area contributed by atoms with Crippen LogP contribution in [-0.2, 0) is 9.84 Å². The number of likely N-dealkylation sites (tertiary alicyclic amines) is 1. The molecule has 102 valence electrons. The van der Waals surface area contributed by atoms with Crippen molar-refractivity contribution in [2.75, 3.05) is 12.3 Å². The van der Waals surface area contributed by atoms with Gasteiger partial charge in [-0.25, -0.2) is 12.8 Å². The minimum Gasteiger partial charge on any atom is -0.333 e. The highest BCUT2D eigenvalue weighted by molar-refractivity contribution is 7.92. The Labute approximate surface area is 115 Å². The van der Waals surface area contributed by atoms with E-state index in [0.717, 1.165) is 0 Å². The van der Waals surface area contributed by atoms with Gasteiger partial charge in [-0.3, -0.25) is 4.79 Å². The average Bonchev–Trinajstić information content (AvgIpc) is 2.83. The molecule has 3 rings (SSSR count). The van der Waals surface area contributed by atoms with Gasteiger partial charge in [-0.15, -0.1) is 0 Å². The first-order chi connectivity index (χ1) is 8.90. The number of hydrogen-bond acceptors (Lipinski definition) is 3. The summed E-state index contributed by atoms with van der Waals surface area (Å²) in [5, 5.41) is -0.456. The Hall–Kier alpha value is -1.14. The largest absolute Gasteiger partial charge is 0.333 e. The summed E-state index contributed by atoms with van der Waals surface area (Å²) in [6.45, 7) is 0.135. The van der Waals surface area contributed by atoms with Crippen LogP contribution in [0.15, 0.2) is 18.2 Å². The number of benzene rings is 1. The van der Waals surface area contributed by atoms with Gasteiger partial charge in [-0.2, -0.15) is 0 Å². The zero-order valence-electron chi connectivity index (χ0n) is 9.84. The standard InChI is InChI=1S/C12H11ClFNO3S/c13-9-2-1-3-10(14)11(9)12(16)15-5-8-4-7(15)6-19(8,17)18/h1-3,7-8H,4-6H2. The van der Waals surface area contributed by atoms with E-state index in [0.29, 0.717) is 6.42 Å². The van der Waals surface area contributed by atoms with E-state index in [-0.39, 0.29) is 28.9 Å². The van der Waals surface area contributed by atoms with E-state index in [1.165, 1.54) is 23.1 Å². The van der Waals surface area contributed by atoms with Gasteiger partial charge in [-0.1, -0.05) is 17.7 Å². The molecule has 0 N–H and O–H groups in total. The molecule has 0 spiro atoms. The first-order valence-corrected chi connectivity index (χ1v) is 7.96. The molecule has 2 atom stereocenters. The van der Waals surface area contributed by atoms with Crippen LogP contribution in [0.25, 0.3) is 0 Å². The molecule has 1 aromatic rings. The lowest BCUT2D eigenvalue weighted by Crippen LogP contribution is -2.44. The monoisotopic (exact) mass is 303 g/mol. The van der Waals surface area contributed by atoms with Crippen molar-refractivity contribution in [3.05, 3.63) is 34.6 Å². The third-order valence-electron chi connectivity index (χ3n) is 3.75. The number of fused-ring (bicyclic) bond motifs is 2. The van der Waals surface area contributed by atoms with Crippen LogP contribution in [0, 0.1) is 5.82 Å². The van der Waals surface area contributed by atoms with Gasteiger partial charge < -0.3 is 4.90 Å². The van der Waals surface area contributed by atoms with Crippen molar-refractivity contribution in [2.45, 2.75) is 17.7 Å². The second-order valence-corrected chi connectivity index (χ2v) is 7.63. The molecular formula is C12H11ClFNO3S. The molecule has 1 aromatic carbocycles. The van der Waals surface area contributed by atoms with Crippen LogP contribution < -0.4 is 0 Å². The summed E-state index contributed by atoms with van der Waals surface area (Å²) in [4.78, 5) is 13.7. The molecule has 0 aliphatic carbocycles. The first-order valence-electron chi connectivity index (χ1n) is 5.86. The molecule has 2 aliphatic rings. The van der Waals surface area contributed by atoms with Gasteiger partial charge >= 0.3 is 0 Å². The third kappa shape index (κ3) is 1.94. The van der Waals surface area contributed by atoms with Crippen LogP contribution in [0.4, 0.5) is 4.39 Å². The topological polar surface area (TPSA) is 54.5 Å². The molecule has 19 heavy (non-hydrogen) atoms. The molecule has 2 saturated heterocycles. The second kappa shape index (κ2) is 4.18. The normalized spacial score (nSPS) is 27.8. The van der Waals surface area contributed by atoms with E-state index in [4.69, 9.17) is 11.6 Å². The van der Waals surface area contributed by atoms with Crippen molar-refractivity contribution >= 4 is 27.3 Å². The van der Waals surface area contributed by atoms with Crippen LogP contribution in [-0.4, -0.2) is 42.8 Å². The Morgan fingerprint density at radius 3 is 2.68 bits per heavy atom. The summed E-state index contributed by atoms with van der Waals surface area (Å²) in [5.74, 6) is -1.23. The molecule has 2 bridgehead atoms. The fourth-order valence-corrected chi connectivity index (χ4v) is 5.06. The maximum absolute atomic E-state index is 13.7. The zero-order valence-corrected chi connectivity index (χ0v) is 11.4. The summed E-state index contributed by atoms with van der Waals surface area (Å²) in [7, 11) is -3.08. The molecule has 0 radical (unpaired) electrons.